The Morgan fingerprint density at radius 3 is 2.30 bits per heavy atom. The fourth-order valence-electron chi connectivity index (χ4n) is 0.541. The molecule has 0 N–H and O–H groups in total. The first-order chi connectivity index (χ1) is 4.27. The summed E-state index contributed by atoms with van der Waals surface area (Å²) in [6.45, 7) is 0. The molecule has 0 amide bonds. The van der Waals surface area contributed by atoms with E-state index in [2.05, 4.69) is 15.9 Å². The third kappa shape index (κ3) is 11.7. The van der Waals surface area contributed by atoms with Crippen molar-refractivity contribution in [1.29, 1.82) is 0 Å². The topological polar surface area (TPSA) is 40.1 Å². The molecule has 0 rings (SSSR count). The van der Waals surface area contributed by atoms with Crippen LogP contribution in [0.25, 0.3) is 0 Å². The van der Waals surface area contributed by atoms with Crippen LogP contribution in [0.15, 0.2) is 0 Å². The second-order valence-electron chi connectivity index (χ2n) is 1.87. The average molecular weight is 217 g/mol. The van der Waals surface area contributed by atoms with Crippen LogP contribution in [0.3, 0.4) is 0 Å². The molecule has 0 heterocycles. The number of alkyl halides is 1. The summed E-state index contributed by atoms with van der Waals surface area (Å²) in [5, 5.41) is 10.8. The largest absolute Gasteiger partial charge is 1.00 e. The number of rotatable bonds is 5. The van der Waals surface area contributed by atoms with Gasteiger partial charge in [-0.2, -0.15) is 0 Å². The minimum absolute atomic E-state index is 0. The summed E-state index contributed by atoms with van der Waals surface area (Å²) < 4.78 is 0. The van der Waals surface area contributed by atoms with E-state index in [0.717, 1.165) is 24.6 Å². The van der Waals surface area contributed by atoms with Crippen LogP contribution in [0.1, 0.15) is 25.7 Å². The third-order valence-electron chi connectivity index (χ3n) is 1.01. The summed E-state index contributed by atoms with van der Waals surface area (Å²) in [5.74, 6) is -0.940. The Hall–Kier alpha value is 0.950. The first kappa shape index (κ1) is 13.5. The maximum absolute atomic E-state index is 9.84. The zero-order chi connectivity index (χ0) is 7.11. The Morgan fingerprint density at radius 1 is 1.30 bits per heavy atom. The monoisotopic (exact) mass is 216 g/mol. The van der Waals surface area contributed by atoms with Crippen LogP contribution >= 0.6 is 15.9 Å². The van der Waals surface area contributed by atoms with Gasteiger partial charge in [0.15, 0.2) is 0 Å². The van der Waals surface area contributed by atoms with Gasteiger partial charge < -0.3 is 9.90 Å². The molecule has 0 aliphatic rings. The Kier molecular flexibility index (Phi) is 13.5. The van der Waals surface area contributed by atoms with Gasteiger partial charge in [0.25, 0.3) is 0 Å². The van der Waals surface area contributed by atoms with E-state index in [1.54, 1.807) is 0 Å². The van der Waals surface area contributed by atoms with Gasteiger partial charge in [-0.1, -0.05) is 22.4 Å². The van der Waals surface area contributed by atoms with Crippen LogP contribution in [0.5, 0.6) is 0 Å². The molecule has 0 saturated carbocycles. The standard InChI is InChI=1S/C6H11BrO2.Na/c7-5-3-1-2-4-6(8)9;/h1-5H2,(H,8,9);/q;+1/p-1. The third-order valence-corrected chi connectivity index (χ3v) is 1.58. The van der Waals surface area contributed by atoms with Crippen molar-refractivity contribution >= 4 is 21.9 Å². The van der Waals surface area contributed by atoms with Crippen LogP contribution in [0, 0.1) is 0 Å². The van der Waals surface area contributed by atoms with Crippen molar-refractivity contribution < 1.29 is 39.5 Å². The number of carboxylic acid groups (broad SMARTS) is 1. The molecule has 4 heteroatoms. The molecular weight excluding hydrogens is 207 g/mol. The Balaban J connectivity index is 0. The van der Waals surface area contributed by atoms with Gasteiger partial charge in [0, 0.05) is 11.3 Å². The van der Waals surface area contributed by atoms with Crippen molar-refractivity contribution in [1.82, 2.24) is 0 Å². The Labute approximate surface area is 91.8 Å². The van der Waals surface area contributed by atoms with Crippen molar-refractivity contribution in [3.63, 3.8) is 0 Å². The number of hydrogen-bond donors (Lipinski definition) is 0. The second-order valence-corrected chi connectivity index (χ2v) is 2.66. The molecule has 0 aromatic heterocycles. The van der Waals surface area contributed by atoms with E-state index in [9.17, 15) is 9.90 Å². The van der Waals surface area contributed by atoms with Crippen molar-refractivity contribution in [3.8, 4) is 0 Å². The quantitative estimate of drug-likeness (QED) is 0.295. The SMILES string of the molecule is O=C([O-])CCCCCBr.[Na+]. The molecule has 0 aliphatic heterocycles. The van der Waals surface area contributed by atoms with Gasteiger partial charge in [-0.15, -0.1) is 0 Å². The molecule has 0 aromatic carbocycles. The van der Waals surface area contributed by atoms with E-state index in [1.165, 1.54) is 0 Å². The number of carbonyl (C=O) groups is 1. The zero-order valence-electron chi connectivity index (χ0n) is 6.23. The van der Waals surface area contributed by atoms with Crippen molar-refractivity contribution in [2.75, 3.05) is 5.33 Å². The molecular formula is C6H10BrNaO2. The molecule has 0 fully saturated rings. The molecule has 0 atom stereocenters. The second kappa shape index (κ2) is 9.95. The maximum Gasteiger partial charge on any atom is 1.00 e. The van der Waals surface area contributed by atoms with Crippen molar-refractivity contribution in [2.24, 2.45) is 0 Å². The van der Waals surface area contributed by atoms with Crippen LogP contribution in [-0.2, 0) is 4.79 Å². The average Bonchev–Trinajstić information content (AvgIpc) is 1.80. The van der Waals surface area contributed by atoms with E-state index < -0.39 is 5.97 Å². The van der Waals surface area contributed by atoms with Gasteiger partial charge in [0.05, 0.1) is 0 Å². The number of aliphatic carboxylic acids is 1. The van der Waals surface area contributed by atoms with Gasteiger partial charge >= 0.3 is 29.6 Å². The van der Waals surface area contributed by atoms with E-state index >= 15 is 0 Å². The number of carbonyl (C=O) groups excluding carboxylic acids is 1. The van der Waals surface area contributed by atoms with Crippen LogP contribution in [-0.4, -0.2) is 11.3 Å². The fourth-order valence-corrected chi connectivity index (χ4v) is 0.937. The fraction of sp³-hybridized carbons (Fsp3) is 0.833. The predicted molar refractivity (Wildman–Crippen MR) is 37.3 cm³/mol. The molecule has 0 radical (unpaired) electrons. The molecule has 2 nitrogen and oxygen atoms in total. The predicted octanol–water partition coefficient (Wildman–Crippen LogP) is -2.30. The Bertz CT molecular complexity index is 87.8. The molecule has 0 saturated heterocycles. The minimum Gasteiger partial charge on any atom is -0.550 e. The molecule has 0 unspecified atom stereocenters. The van der Waals surface area contributed by atoms with Crippen molar-refractivity contribution in [2.45, 2.75) is 25.7 Å². The van der Waals surface area contributed by atoms with Gasteiger partial charge in [-0.25, -0.2) is 0 Å². The van der Waals surface area contributed by atoms with Crippen LogP contribution in [0.2, 0.25) is 0 Å². The van der Waals surface area contributed by atoms with E-state index in [4.69, 9.17) is 0 Å². The Morgan fingerprint density at radius 2 is 1.90 bits per heavy atom. The summed E-state index contributed by atoms with van der Waals surface area (Å²) >= 11 is 3.25. The molecule has 0 aromatic rings. The van der Waals surface area contributed by atoms with Crippen LogP contribution in [0.4, 0.5) is 0 Å². The summed E-state index contributed by atoms with van der Waals surface area (Å²) in [5.41, 5.74) is 0. The molecule has 10 heavy (non-hydrogen) atoms. The van der Waals surface area contributed by atoms with Crippen LogP contribution < -0.4 is 34.7 Å². The number of hydrogen-bond acceptors (Lipinski definition) is 2. The molecule has 0 bridgehead atoms. The first-order valence-corrected chi connectivity index (χ1v) is 4.15. The van der Waals surface area contributed by atoms with Gasteiger partial charge in [0.1, 0.15) is 0 Å². The van der Waals surface area contributed by atoms with Gasteiger partial charge in [0.2, 0.25) is 0 Å². The van der Waals surface area contributed by atoms with Crippen molar-refractivity contribution in [3.05, 3.63) is 0 Å². The van der Waals surface area contributed by atoms with Gasteiger partial charge in [-0.05, 0) is 19.3 Å². The summed E-state index contributed by atoms with van der Waals surface area (Å²) in [6.07, 6.45) is 2.97. The van der Waals surface area contributed by atoms with Gasteiger partial charge in [-0.3, -0.25) is 0 Å². The number of halogens is 1. The smallest absolute Gasteiger partial charge is 0.550 e. The minimum atomic E-state index is -0.940. The normalized spacial score (nSPS) is 8.50. The van der Waals surface area contributed by atoms with E-state index in [0.29, 0.717) is 0 Å². The summed E-state index contributed by atoms with van der Waals surface area (Å²) in [6, 6.07) is 0. The first-order valence-electron chi connectivity index (χ1n) is 3.03. The molecule has 0 aliphatic carbocycles. The maximum atomic E-state index is 9.84. The van der Waals surface area contributed by atoms with E-state index in [1.807, 2.05) is 0 Å². The zero-order valence-corrected chi connectivity index (χ0v) is 9.82. The number of unbranched alkanes of at least 4 members (excludes halogenated alkanes) is 2. The molecule has 54 valence electrons. The van der Waals surface area contributed by atoms with E-state index in [-0.39, 0.29) is 36.0 Å². The summed E-state index contributed by atoms with van der Waals surface area (Å²) in [7, 11) is 0. The summed E-state index contributed by atoms with van der Waals surface area (Å²) in [4.78, 5) is 9.84. The number of carboxylic acids is 1. The molecule has 0 spiro atoms.